The molecular formula is C29H42N4O5S. The van der Waals surface area contributed by atoms with E-state index in [-0.39, 0.29) is 37.2 Å². The zero-order chi connectivity index (χ0) is 28.7. The number of likely N-dealkylation sites (tertiary alicyclic amines) is 1. The zero-order valence-corrected chi connectivity index (χ0v) is 24.4. The van der Waals surface area contributed by atoms with Crippen LogP contribution in [0.15, 0.2) is 29.8 Å². The van der Waals surface area contributed by atoms with Crippen LogP contribution in [-0.4, -0.2) is 69.2 Å². The average Bonchev–Trinajstić information content (AvgIpc) is 3.47. The molecule has 0 spiro atoms. The summed E-state index contributed by atoms with van der Waals surface area (Å²) in [7, 11) is 0. The normalized spacial score (nSPS) is 19.1. The second-order valence-electron chi connectivity index (χ2n) is 11.5. The highest BCUT2D eigenvalue weighted by Gasteiger charge is 2.44. The number of carbonyl (C=O) groups excluding carboxylic acids is 2. The van der Waals surface area contributed by atoms with Crippen LogP contribution < -0.4 is 10.6 Å². The Morgan fingerprint density at radius 1 is 1.15 bits per heavy atom. The predicted molar refractivity (Wildman–Crippen MR) is 152 cm³/mol. The lowest BCUT2D eigenvalue weighted by Gasteiger charge is -2.35. The van der Waals surface area contributed by atoms with Gasteiger partial charge in [0.2, 0.25) is 11.8 Å². The smallest absolute Gasteiger partial charge is 0.303 e. The molecule has 1 saturated heterocycles. The molecule has 2 amide bonds. The summed E-state index contributed by atoms with van der Waals surface area (Å²) in [5.41, 5.74) is 4.42. The Labute approximate surface area is 235 Å². The zero-order valence-electron chi connectivity index (χ0n) is 23.6. The van der Waals surface area contributed by atoms with Gasteiger partial charge in [-0.25, -0.2) is 4.98 Å². The number of aliphatic hydroxyl groups excluding tert-OH is 1. The van der Waals surface area contributed by atoms with Gasteiger partial charge in [0.15, 0.2) is 0 Å². The number of amides is 2. The number of aliphatic carboxylic acids is 1. The summed E-state index contributed by atoms with van der Waals surface area (Å²) in [5, 5.41) is 25.6. The van der Waals surface area contributed by atoms with E-state index in [9.17, 15) is 19.5 Å². The number of hydrogen-bond donors (Lipinski definition) is 4. The molecule has 1 aromatic heterocycles. The van der Waals surface area contributed by atoms with Crippen LogP contribution >= 0.6 is 11.3 Å². The second kappa shape index (κ2) is 13.5. The van der Waals surface area contributed by atoms with Crippen molar-refractivity contribution in [2.24, 2.45) is 5.41 Å². The minimum absolute atomic E-state index is 0.112. The quantitative estimate of drug-likeness (QED) is 0.291. The summed E-state index contributed by atoms with van der Waals surface area (Å²) in [4.78, 5) is 44.7. The van der Waals surface area contributed by atoms with E-state index in [0.717, 1.165) is 34.5 Å². The third-order valence-corrected chi connectivity index (χ3v) is 8.15. The number of aromatic nitrogens is 1. The van der Waals surface area contributed by atoms with Crippen LogP contribution in [0.5, 0.6) is 0 Å². The van der Waals surface area contributed by atoms with Crippen molar-refractivity contribution in [2.45, 2.75) is 91.0 Å². The first-order chi connectivity index (χ1) is 18.4. The highest BCUT2D eigenvalue weighted by molar-refractivity contribution is 7.13. The molecule has 4 atom stereocenters. The SMILES string of the molecule is Cc1ncsc1-c1ccc([C@H](C)NC(=O)[C@@H]2C[C@@H](O)CN2C(=O)C(NCCCCCC(=O)O)C(C)(C)C)cc1. The molecule has 1 aliphatic heterocycles. The molecule has 0 aliphatic carbocycles. The summed E-state index contributed by atoms with van der Waals surface area (Å²) in [6.07, 6.45) is 1.66. The number of aryl methyl sites for hydroxylation is 1. The van der Waals surface area contributed by atoms with E-state index in [1.165, 1.54) is 4.90 Å². The molecule has 3 rings (SSSR count). The van der Waals surface area contributed by atoms with Crippen molar-refractivity contribution in [3.05, 3.63) is 41.0 Å². The maximum Gasteiger partial charge on any atom is 0.303 e. The number of hydrogen-bond acceptors (Lipinski definition) is 7. The number of rotatable bonds is 12. The first kappa shape index (κ1) is 30.7. The number of benzene rings is 1. The van der Waals surface area contributed by atoms with Crippen molar-refractivity contribution < 1.29 is 24.6 Å². The molecule has 1 unspecified atom stereocenters. The van der Waals surface area contributed by atoms with Gasteiger partial charge in [-0.3, -0.25) is 14.4 Å². The van der Waals surface area contributed by atoms with Crippen molar-refractivity contribution in [3.8, 4) is 10.4 Å². The van der Waals surface area contributed by atoms with Crippen LogP contribution in [0.2, 0.25) is 0 Å². The van der Waals surface area contributed by atoms with E-state index in [1.54, 1.807) is 11.3 Å². The van der Waals surface area contributed by atoms with Crippen LogP contribution in [0.4, 0.5) is 0 Å². The van der Waals surface area contributed by atoms with Gasteiger partial charge in [-0.15, -0.1) is 11.3 Å². The summed E-state index contributed by atoms with van der Waals surface area (Å²) < 4.78 is 0. The predicted octanol–water partition coefficient (Wildman–Crippen LogP) is 3.91. The van der Waals surface area contributed by atoms with Crippen LogP contribution in [0, 0.1) is 12.3 Å². The first-order valence-electron chi connectivity index (χ1n) is 13.6. The summed E-state index contributed by atoms with van der Waals surface area (Å²) in [5.74, 6) is -1.29. The highest BCUT2D eigenvalue weighted by atomic mass is 32.1. The molecule has 1 aromatic carbocycles. The van der Waals surface area contributed by atoms with E-state index < -0.39 is 29.6 Å². The van der Waals surface area contributed by atoms with E-state index >= 15 is 0 Å². The van der Waals surface area contributed by atoms with Gasteiger partial charge in [-0.2, -0.15) is 0 Å². The van der Waals surface area contributed by atoms with E-state index in [0.29, 0.717) is 13.0 Å². The molecule has 39 heavy (non-hydrogen) atoms. The van der Waals surface area contributed by atoms with Gasteiger partial charge in [0.25, 0.3) is 0 Å². The van der Waals surface area contributed by atoms with E-state index in [2.05, 4.69) is 15.6 Å². The van der Waals surface area contributed by atoms with Gasteiger partial charge in [-0.1, -0.05) is 51.5 Å². The molecule has 1 aliphatic rings. The summed E-state index contributed by atoms with van der Waals surface area (Å²) >= 11 is 1.59. The topological polar surface area (TPSA) is 132 Å². The maximum absolute atomic E-state index is 13.7. The Balaban J connectivity index is 1.63. The van der Waals surface area contributed by atoms with Crippen LogP contribution in [0.1, 0.15) is 77.1 Å². The lowest BCUT2D eigenvalue weighted by molar-refractivity contribution is -0.142. The Morgan fingerprint density at radius 2 is 1.85 bits per heavy atom. The highest BCUT2D eigenvalue weighted by Crippen LogP contribution is 2.29. The summed E-state index contributed by atoms with van der Waals surface area (Å²) in [6, 6.07) is 6.45. The molecule has 2 aromatic rings. The van der Waals surface area contributed by atoms with Gasteiger partial charge in [0.05, 0.1) is 34.3 Å². The third-order valence-electron chi connectivity index (χ3n) is 7.17. The van der Waals surface area contributed by atoms with Crippen molar-refractivity contribution >= 4 is 29.1 Å². The Bertz CT molecular complexity index is 1130. The van der Waals surface area contributed by atoms with Crippen molar-refractivity contribution in [1.29, 1.82) is 0 Å². The Hall–Kier alpha value is -2.82. The standard InChI is InChI=1S/C29H42N4O5S/c1-18(20-10-12-21(13-11-20)25-19(2)31-17-39-25)32-27(37)23-15-22(34)16-33(23)28(38)26(29(3,4)5)30-14-8-6-7-9-24(35)36/h10-13,17-18,22-23,26,30,34H,6-9,14-16H2,1-5H3,(H,32,37)(H,35,36)/t18-,22+,23-,26?/m0/s1. The number of nitrogens with zero attached hydrogens (tertiary/aromatic N) is 2. The minimum atomic E-state index is -0.806. The number of thiazole rings is 1. The van der Waals surface area contributed by atoms with Crippen molar-refractivity contribution in [3.63, 3.8) is 0 Å². The first-order valence-corrected chi connectivity index (χ1v) is 14.5. The fourth-order valence-electron chi connectivity index (χ4n) is 4.96. The maximum atomic E-state index is 13.7. The second-order valence-corrected chi connectivity index (χ2v) is 12.3. The van der Waals surface area contributed by atoms with Gasteiger partial charge < -0.3 is 25.7 Å². The molecule has 0 bridgehead atoms. The van der Waals surface area contributed by atoms with Crippen LogP contribution in [-0.2, 0) is 14.4 Å². The minimum Gasteiger partial charge on any atom is -0.481 e. The fraction of sp³-hybridized carbons (Fsp3) is 0.586. The molecule has 0 radical (unpaired) electrons. The van der Waals surface area contributed by atoms with Gasteiger partial charge in [-0.05, 0) is 49.8 Å². The van der Waals surface area contributed by atoms with Gasteiger partial charge in [0.1, 0.15) is 6.04 Å². The molecule has 1 fully saturated rings. The van der Waals surface area contributed by atoms with E-state index in [1.807, 2.05) is 64.4 Å². The van der Waals surface area contributed by atoms with Crippen LogP contribution in [0.3, 0.4) is 0 Å². The molecule has 10 heteroatoms. The van der Waals surface area contributed by atoms with Gasteiger partial charge in [0, 0.05) is 19.4 Å². The monoisotopic (exact) mass is 558 g/mol. The Kier molecular flexibility index (Phi) is 10.6. The third kappa shape index (κ3) is 8.33. The Morgan fingerprint density at radius 3 is 2.44 bits per heavy atom. The van der Waals surface area contributed by atoms with E-state index in [4.69, 9.17) is 5.11 Å². The molecule has 214 valence electrons. The number of carboxylic acid groups (broad SMARTS) is 1. The number of aliphatic hydroxyl groups is 1. The lowest BCUT2D eigenvalue weighted by atomic mass is 9.85. The average molecular weight is 559 g/mol. The van der Waals surface area contributed by atoms with Crippen molar-refractivity contribution in [1.82, 2.24) is 20.5 Å². The largest absolute Gasteiger partial charge is 0.481 e. The van der Waals surface area contributed by atoms with Crippen molar-refractivity contribution in [2.75, 3.05) is 13.1 Å². The fourth-order valence-corrected chi connectivity index (χ4v) is 5.77. The molecule has 2 heterocycles. The number of carbonyl (C=O) groups is 3. The number of unbranched alkanes of at least 4 members (excludes halogenated alkanes) is 2. The van der Waals surface area contributed by atoms with Gasteiger partial charge >= 0.3 is 5.97 Å². The molecule has 9 nitrogen and oxygen atoms in total. The number of β-amino-alcohol motifs (C(OH)–C–C–N with tert-alkyl or cyclic N) is 1. The lowest BCUT2D eigenvalue weighted by Crippen LogP contribution is -2.56. The van der Waals surface area contributed by atoms with Crippen LogP contribution in [0.25, 0.3) is 10.4 Å². The number of nitrogens with one attached hydrogen (secondary N) is 2. The number of carboxylic acids is 1. The molecule has 4 N–H and O–H groups in total. The molecule has 0 saturated carbocycles. The molecular weight excluding hydrogens is 516 g/mol. The summed E-state index contributed by atoms with van der Waals surface area (Å²) in [6.45, 7) is 10.5.